The number of benzene rings is 1. The molecule has 1 aromatic carbocycles. The second-order valence-corrected chi connectivity index (χ2v) is 4.17. The third-order valence-corrected chi connectivity index (χ3v) is 2.74. The second-order valence-electron chi connectivity index (χ2n) is 4.17. The van der Waals surface area contributed by atoms with Gasteiger partial charge in [-0.15, -0.1) is 12.3 Å². The highest BCUT2D eigenvalue weighted by Gasteiger charge is 2.30. The van der Waals surface area contributed by atoms with Gasteiger partial charge in [0.15, 0.2) is 11.5 Å². The van der Waals surface area contributed by atoms with Crippen molar-refractivity contribution in [2.75, 3.05) is 6.61 Å². The minimum Gasteiger partial charge on any atom is -0.485 e. The molecule has 1 aliphatic rings. The molecule has 2 unspecified atom stereocenters. The smallest absolute Gasteiger partial charge is 0.327 e. The van der Waals surface area contributed by atoms with Gasteiger partial charge >= 0.3 is 5.97 Å². The Morgan fingerprint density at radius 1 is 1.45 bits per heavy atom. The van der Waals surface area contributed by atoms with Crippen molar-refractivity contribution in [3.8, 4) is 23.8 Å². The van der Waals surface area contributed by atoms with Crippen LogP contribution in [-0.4, -0.2) is 35.7 Å². The average molecular weight is 275 g/mol. The van der Waals surface area contributed by atoms with Gasteiger partial charge in [-0.25, -0.2) is 4.79 Å². The number of terminal acetylenes is 1. The molecule has 0 saturated heterocycles. The zero-order valence-electron chi connectivity index (χ0n) is 10.5. The molecule has 0 bridgehead atoms. The number of nitrogens with one attached hydrogen (secondary N) is 1. The van der Waals surface area contributed by atoms with Gasteiger partial charge < -0.3 is 19.9 Å². The van der Waals surface area contributed by atoms with Crippen LogP contribution < -0.4 is 14.8 Å². The summed E-state index contributed by atoms with van der Waals surface area (Å²) in [6.45, 7) is 0.0191. The number of hydrogen-bond donors (Lipinski definition) is 2. The molecule has 0 aromatic heterocycles. The fraction of sp³-hybridized carbons (Fsp3) is 0.286. The van der Waals surface area contributed by atoms with E-state index >= 15 is 0 Å². The summed E-state index contributed by atoms with van der Waals surface area (Å²) < 4.78 is 10.9. The molecule has 2 atom stereocenters. The Bertz CT molecular complexity index is 563. The van der Waals surface area contributed by atoms with Crippen molar-refractivity contribution in [2.24, 2.45) is 0 Å². The van der Waals surface area contributed by atoms with E-state index < -0.39 is 24.0 Å². The maximum absolute atomic E-state index is 11.9. The van der Waals surface area contributed by atoms with E-state index in [1.807, 2.05) is 0 Å². The number of carbonyl (C=O) groups is 2. The monoisotopic (exact) mass is 275 g/mol. The summed E-state index contributed by atoms with van der Waals surface area (Å²) in [6.07, 6.45) is 4.07. The highest BCUT2D eigenvalue weighted by molar-refractivity contribution is 5.87. The zero-order valence-corrected chi connectivity index (χ0v) is 10.5. The number of rotatable bonds is 4. The molecule has 0 radical (unpaired) electrons. The van der Waals surface area contributed by atoms with Crippen molar-refractivity contribution in [1.82, 2.24) is 5.32 Å². The molecule has 1 heterocycles. The molecular weight excluding hydrogens is 262 g/mol. The standard InChI is InChI=1S/C14H13NO5/c1-2-5-9(14(17)18)15-13(16)12-8-19-10-6-3-4-7-11(10)20-12/h1,3-4,6-7,9,12H,5,8H2,(H,15,16)(H,17,18). The van der Waals surface area contributed by atoms with Gasteiger partial charge in [0.1, 0.15) is 12.6 Å². The van der Waals surface area contributed by atoms with Gasteiger partial charge in [0.05, 0.1) is 0 Å². The number of carboxylic acids is 1. The van der Waals surface area contributed by atoms with Crippen molar-refractivity contribution in [3.63, 3.8) is 0 Å². The van der Waals surface area contributed by atoms with Gasteiger partial charge in [0.25, 0.3) is 5.91 Å². The van der Waals surface area contributed by atoms with E-state index in [2.05, 4.69) is 11.2 Å². The third kappa shape index (κ3) is 3.01. The fourth-order valence-electron chi connectivity index (χ4n) is 1.73. The topological polar surface area (TPSA) is 84.9 Å². The van der Waals surface area contributed by atoms with E-state index in [0.29, 0.717) is 11.5 Å². The van der Waals surface area contributed by atoms with E-state index in [4.69, 9.17) is 21.0 Å². The van der Waals surface area contributed by atoms with Crippen molar-refractivity contribution in [3.05, 3.63) is 24.3 Å². The maximum Gasteiger partial charge on any atom is 0.327 e. The molecular formula is C14H13NO5. The van der Waals surface area contributed by atoms with Gasteiger partial charge in [0.2, 0.25) is 6.10 Å². The Hall–Kier alpha value is -2.68. The Balaban J connectivity index is 2.01. The molecule has 0 fully saturated rings. The van der Waals surface area contributed by atoms with Crippen LogP contribution in [0.2, 0.25) is 0 Å². The van der Waals surface area contributed by atoms with Gasteiger partial charge in [-0.2, -0.15) is 0 Å². The first kappa shape index (κ1) is 13.7. The summed E-state index contributed by atoms with van der Waals surface area (Å²) >= 11 is 0. The lowest BCUT2D eigenvalue weighted by molar-refractivity contribution is -0.143. The Labute approximate surface area is 115 Å². The van der Waals surface area contributed by atoms with Crippen LogP contribution in [0.1, 0.15) is 6.42 Å². The molecule has 6 heteroatoms. The van der Waals surface area contributed by atoms with Crippen molar-refractivity contribution in [1.29, 1.82) is 0 Å². The van der Waals surface area contributed by atoms with Crippen LogP contribution in [0.3, 0.4) is 0 Å². The molecule has 2 N–H and O–H groups in total. The lowest BCUT2D eigenvalue weighted by Crippen LogP contribution is -2.49. The van der Waals surface area contributed by atoms with Crippen LogP contribution in [-0.2, 0) is 9.59 Å². The minimum absolute atomic E-state index is 0.0191. The lowest BCUT2D eigenvalue weighted by atomic mass is 10.2. The second kappa shape index (κ2) is 5.97. The van der Waals surface area contributed by atoms with Crippen LogP contribution in [0.25, 0.3) is 0 Å². The molecule has 20 heavy (non-hydrogen) atoms. The Morgan fingerprint density at radius 2 is 2.15 bits per heavy atom. The van der Waals surface area contributed by atoms with Crippen molar-refractivity contribution < 1.29 is 24.2 Å². The third-order valence-electron chi connectivity index (χ3n) is 2.74. The summed E-state index contributed by atoms with van der Waals surface area (Å²) in [7, 11) is 0. The number of fused-ring (bicyclic) bond motifs is 1. The van der Waals surface area contributed by atoms with E-state index in [1.54, 1.807) is 24.3 Å². The van der Waals surface area contributed by atoms with Crippen molar-refractivity contribution in [2.45, 2.75) is 18.6 Å². The molecule has 0 aliphatic carbocycles. The largest absolute Gasteiger partial charge is 0.485 e. The summed E-state index contributed by atoms with van der Waals surface area (Å²) in [6, 6.07) is 5.80. The highest BCUT2D eigenvalue weighted by atomic mass is 16.6. The van der Waals surface area contributed by atoms with Crippen LogP contribution >= 0.6 is 0 Å². The van der Waals surface area contributed by atoms with Crippen LogP contribution in [0.4, 0.5) is 0 Å². The molecule has 2 rings (SSSR count). The predicted octanol–water partition coefficient (Wildman–Crippen LogP) is 0.419. The zero-order chi connectivity index (χ0) is 14.5. The van der Waals surface area contributed by atoms with Gasteiger partial charge in [-0.1, -0.05) is 12.1 Å². The maximum atomic E-state index is 11.9. The summed E-state index contributed by atoms with van der Waals surface area (Å²) in [5, 5.41) is 11.3. The number of aliphatic carboxylic acids is 1. The molecule has 1 aliphatic heterocycles. The van der Waals surface area contributed by atoms with E-state index in [9.17, 15) is 9.59 Å². The van der Waals surface area contributed by atoms with E-state index in [-0.39, 0.29) is 13.0 Å². The van der Waals surface area contributed by atoms with E-state index in [0.717, 1.165) is 0 Å². The first-order valence-corrected chi connectivity index (χ1v) is 5.97. The average Bonchev–Trinajstić information content (AvgIpc) is 2.46. The molecule has 1 amide bonds. The van der Waals surface area contributed by atoms with Gasteiger partial charge in [-0.05, 0) is 12.1 Å². The SMILES string of the molecule is C#CCC(NC(=O)C1COc2ccccc2O1)C(=O)O. The summed E-state index contributed by atoms with van der Waals surface area (Å²) in [5.41, 5.74) is 0. The quantitative estimate of drug-likeness (QED) is 0.778. The highest BCUT2D eigenvalue weighted by Crippen LogP contribution is 2.30. The van der Waals surface area contributed by atoms with Gasteiger partial charge in [0, 0.05) is 6.42 Å². The Morgan fingerprint density at radius 3 is 2.80 bits per heavy atom. The summed E-state index contributed by atoms with van der Waals surface area (Å²) in [4.78, 5) is 22.9. The molecule has 104 valence electrons. The van der Waals surface area contributed by atoms with Gasteiger partial charge in [-0.3, -0.25) is 4.79 Å². The Kier molecular flexibility index (Phi) is 4.11. The minimum atomic E-state index is -1.19. The number of para-hydroxylation sites is 2. The normalized spacial score (nSPS) is 17.6. The predicted molar refractivity (Wildman–Crippen MR) is 69.4 cm³/mol. The lowest BCUT2D eigenvalue weighted by Gasteiger charge is -2.26. The van der Waals surface area contributed by atoms with Crippen molar-refractivity contribution >= 4 is 11.9 Å². The van der Waals surface area contributed by atoms with Crippen LogP contribution in [0, 0.1) is 12.3 Å². The number of amides is 1. The summed E-state index contributed by atoms with van der Waals surface area (Å²) in [5.74, 6) is 1.45. The first-order chi connectivity index (χ1) is 9.61. The molecule has 6 nitrogen and oxygen atoms in total. The molecule has 0 spiro atoms. The molecule has 1 aromatic rings. The number of carboxylic acid groups (broad SMARTS) is 1. The van der Waals surface area contributed by atoms with Crippen LogP contribution in [0.5, 0.6) is 11.5 Å². The number of hydrogen-bond acceptors (Lipinski definition) is 4. The van der Waals surface area contributed by atoms with Crippen LogP contribution in [0.15, 0.2) is 24.3 Å². The first-order valence-electron chi connectivity index (χ1n) is 5.97. The van der Waals surface area contributed by atoms with E-state index in [1.165, 1.54) is 0 Å². The molecule has 0 saturated carbocycles. The fourth-order valence-corrected chi connectivity index (χ4v) is 1.73. The number of carbonyl (C=O) groups excluding carboxylic acids is 1. The number of ether oxygens (including phenoxy) is 2.